The standard InChI is InChI=1S/C20H24N2O.ClH/c23-20(18-8-7-15-4-1-2-5-17(15)14-18)22-12-9-16(10-13-22)19-6-3-11-21-19;/h1-2,4-5,7-8,14,16,19,21H,3,6,9-13H2;1H. The van der Waals surface area contributed by atoms with Gasteiger partial charge in [0.15, 0.2) is 0 Å². The summed E-state index contributed by atoms with van der Waals surface area (Å²) in [5.41, 5.74) is 0.821. The molecular weight excluding hydrogens is 320 g/mol. The van der Waals surface area contributed by atoms with Crippen LogP contribution in [0, 0.1) is 5.92 Å². The number of benzene rings is 2. The third kappa shape index (κ3) is 3.42. The number of halogens is 1. The minimum Gasteiger partial charge on any atom is -0.339 e. The van der Waals surface area contributed by atoms with E-state index in [-0.39, 0.29) is 18.3 Å². The highest BCUT2D eigenvalue weighted by molar-refractivity contribution is 5.98. The van der Waals surface area contributed by atoms with Crippen LogP contribution in [0.4, 0.5) is 0 Å². The molecule has 2 aromatic carbocycles. The van der Waals surface area contributed by atoms with Gasteiger partial charge in [-0.1, -0.05) is 30.3 Å². The van der Waals surface area contributed by atoms with Crippen molar-refractivity contribution in [1.29, 1.82) is 0 Å². The van der Waals surface area contributed by atoms with Crippen molar-refractivity contribution in [1.82, 2.24) is 10.2 Å². The average molecular weight is 345 g/mol. The van der Waals surface area contributed by atoms with E-state index in [1.807, 2.05) is 29.2 Å². The van der Waals surface area contributed by atoms with Crippen LogP contribution in [0.2, 0.25) is 0 Å². The molecule has 2 aliphatic rings. The summed E-state index contributed by atoms with van der Waals surface area (Å²) in [5, 5.41) is 5.95. The van der Waals surface area contributed by atoms with E-state index in [9.17, 15) is 4.79 Å². The summed E-state index contributed by atoms with van der Waals surface area (Å²) in [6.07, 6.45) is 4.89. The Bertz CT molecular complexity index is 704. The van der Waals surface area contributed by atoms with Crippen LogP contribution in [0.1, 0.15) is 36.0 Å². The second-order valence-electron chi connectivity index (χ2n) is 6.89. The van der Waals surface area contributed by atoms with Crippen molar-refractivity contribution < 1.29 is 4.79 Å². The predicted octanol–water partition coefficient (Wildman–Crippen LogP) is 3.87. The second kappa shape index (κ2) is 7.54. The molecule has 2 aliphatic heterocycles. The Hall–Kier alpha value is -1.58. The normalized spacial score (nSPS) is 21.7. The number of amides is 1. The maximum Gasteiger partial charge on any atom is 0.253 e. The molecule has 0 bridgehead atoms. The third-order valence-electron chi connectivity index (χ3n) is 5.49. The Morgan fingerprint density at radius 1 is 1.00 bits per heavy atom. The number of nitrogens with zero attached hydrogens (tertiary/aromatic N) is 1. The van der Waals surface area contributed by atoms with Crippen molar-refractivity contribution >= 4 is 29.1 Å². The number of hydrogen-bond donors (Lipinski definition) is 1. The molecule has 0 aliphatic carbocycles. The molecule has 2 aromatic rings. The molecule has 1 N–H and O–H groups in total. The van der Waals surface area contributed by atoms with Crippen LogP contribution in [0.15, 0.2) is 42.5 Å². The highest BCUT2D eigenvalue weighted by atomic mass is 35.5. The quantitative estimate of drug-likeness (QED) is 0.897. The average Bonchev–Trinajstić information content (AvgIpc) is 3.15. The van der Waals surface area contributed by atoms with Gasteiger partial charge in [0.1, 0.15) is 0 Å². The van der Waals surface area contributed by atoms with Gasteiger partial charge in [0.05, 0.1) is 0 Å². The Kier molecular flexibility index (Phi) is 5.42. The summed E-state index contributed by atoms with van der Waals surface area (Å²) < 4.78 is 0. The van der Waals surface area contributed by atoms with E-state index in [2.05, 4.69) is 23.5 Å². The number of carbonyl (C=O) groups is 1. The first-order chi connectivity index (χ1) is 11.3. The zero-order valence-electron chi connectivity index (χ0n) is 13.9. The Morgan fingerprint density at radius 2 is 1.75 bits per heavy atom. The molecule has 1 amide bonds. The molecule has 2 heterocycles. The van der Waals surface area contributed by atoms with Crippen molar-refractivity contribution in [3.05, 3.63) is 48.0 Å². The van der Waals surface area contributed by atoms with E-state index < -0.39 is 0 Å². The van der Waals surface area contributed by atoms with Crippen LogP contribution < -0.4 is 5.32 Å². The molecule has 0 saturated carbocycles. The lowest BCUT2D eigenvalue weighted by atomic mass is 9.88. The van der Waals surface area contributed by atoms with Gasteiger partial charge in [0.25, 0.3) is 5.91 Å². The maximum atomic E-state index is 12.8. The van der Waals surface area contributed by atoms with Crippen LogP contribution in [-0.2, 0) is 0 Å². The lowest BCUT2D eigenvalue weighted by molar-refractivity contribution is 0.0674. The largest absolute Gasteiger partial charge is 0.339 e. The van der Waals surface area contributed by atoms with Crippen LogP contribution in [0.25, 0.3) is 10.8 Å². The number of hydrogen-bond acceptors (Lipinski definition) is 2. The molecular formula is C20H25ClN2O. The fourth-order valence-electron chi connectivity index (χ4n) is 4.12. The van der Waals surface area contributed by atoms with Crippen LogP contribution in [0.5, 0.6) is 0 Å². The van der Waals surface area contributed by atoms with Gasteiger partial charge >= 0.3 is 0 Å². The summed E-state index contributed by atoms with van der Waals surface area (Å²) in [4.78, 5) is 14.8. The molecule has 24 heavy (non-hydrogen) atoms. The van der Waals surface area contributed by atoms with Crippen LogP contribution >= 0.6 is 12.4 Å². The summed E-state index contributed by atoms with van der Waals surface area (Å²) in [6, 6.07) is 15.0. The summed E-state index contributed by atoms with van der Waals surface area (Å²) in [6.45, 7) is 2.96. The summed E-state index contributed by atoms with van der Waals surface area (Å²) in [7, 11) is 0. The molecule has 3 nitrogen and oxygen atoms in total. The summed E-state index contributed by atoms with van der Waals surface area (Å²) in [5.74, 6) is 0.937. The molecule has 0 aromatic heterocycles. The first-order valence-electron chi connectivity index (χ1n) is 8.83. The fourth-order valence-corrected chi connectivity index (χ4v) is 4.12. The predicted molar refractivity (Wildman–Crippen MR) is 101 cm³/mol. The van der Waals surface area contributed by atoms with Gasteiger partial charge < -0.3 is 10.2 Å². The number of carbonyl (C=O) groups excluding carboxylic acids is 1. The molecule has 128 valence electrons. The monoisotopic (exact) mass is 344 g/mol. The maximum absolute atomic E-state index is 12.8. The van der Waals surface area contributed by atoms with Crippen molar-refractivity contribution in [2.75, 3.05) is 19.6 Å². The highest BCUT2D eigenvalue weighted by Crippen LogP contribution is 2.26. The zero-order valence-corrected chi connectivity index (χ0v) is 14.7. The van der Waals surface area contributed by atoms with Gasteiger partial charge in [-0.25, -0.2) is 0 Å². The Balaban J connectivity index is 0.00000169. The molecule has 1 unspecified atom stereocenters. The third-order valence-corrected chi connectivity index (χ3v) is 5.49. The smallest absolute Gasteiger partial charge is 0.253 e. The molecule has 0 radical (unpaired) electrons. The van der Waals surface area contributed by atoms with Gasteiger partial charge in [-0.2, -0.15) is 0 Å². The molecule has 2 saturated heterocycles. The first-order valence-corrected chi connectivity index (χ1v) is 8.83. The van der Waals surface area contributed by atoms with Crippen molar-refractivity contribution in [3.63, 3.8) is 0 Å². The lowest BCUT2D eigenvalue weighted by Crippen LogP contribution is -2.43. The van der Waals surface area contributed by atoms with E-state index in [1.165, 1.54) is 24.8 Å². The van der Waals surface area contributed by atoms with E-state index in [0.29, 0.717) is 6.04 Å². The SMILES string of the molecule is Cl.O=C(c1ccc2ccccc2c1)N1CCC(C2CCCN2)CC1. The van der Waals surface area contributed by atoms with Gasteiger partial charge in [0.2, 0.25) is 0 Å². The molecule has 1 atom stereocenters. The number of piperidine rings is 1. The number of nitrogens with one attached hydrogen (secondary N) is 1. The van der Waals surface area contributed by atoms with Gasteiger partial charge in [-0.3, -0.25) is 4.79 Å². The van der Waals surface area contributed by atoms with E-state index in [4.69, 9.17) is 0 Å². The molecule has 2 fully saturated rings. The lowest BCUT2D eigenvalue weighted by Gasteiger charge is -2.35. The highest BCUT2D eigenvalue weighted by Gasteiger charge is 2.30. The Morgan fingerprint density at radius 3 is 2.46 bits per heavy atom. The minimum absolute atomic E-state index is 0. The second-order valence-corrected chi connectivity index (χ2v) is 6.89. The Labute approximate surface area is 149 Å². The zero-order chi connectivity index (χ0) is 15.6. The first kappa shape index (κ1) is 17.2. The van der Waals surface area contributed by atoms with E-state index >= 15 is 0 Å². The number of rotatable bonds is 2. The molecule has 0 spiro atoms. The van der Waals surface area contributed by atoms with Gasteiger partial charge in [0, 0.05) is 24.7 Å². The van der Waals surface area contributed by atoms with Crippen molar-refractivity contribution in [2.45, 2.75) is 31.7 Å². The van der Waals surface area contributed by atoms with Crippen molar-refractivity contribution in [3.8, 4) is 0 Å². The molecule has 4 rings (SSSR count). The van der Waals surface area contributed by atoms with Crippen LogP contribution in [-0.4, -0.2) is 36.5 Å². The topological polar surface area (TPSA) is 32.3 Å². The minimum atomic E-state index is 0. The van der Waals surface area contributed by atoms with Gasteiger partial charge in [-0.05, 0) is 61.1 Å². The van der Waals surface area contributed by atoms with E-state index in [0.717, 1.165) is 42.8 Å². The van der Waals surface area contributed by atoms with E-state index in [1.54, 1.807) is 0 Å². The number of fused-ring (bicyclic) bond motifs is 1. The fraction of sp³-hybridized carbons (Fsp3) is 0.450. The van der Waals surface area contributed by atoms with Gasteiger partial charge in [-0.15, -0.1) is 12.4 Å². The summed E-state index contributed by atoms with van der Waals surface area (Å²) >= 11 is 0. The van der Waals surface area contributed by atoms with Crippen LogP contribution in [0.3, 0.4) is 0 Å². The van der Waals surface area contributed by atoms with Crippen molar-refractivity contribution in [2.24, 2.45) is 5.92 Å². The number of likely N-dealkylation sites (tertiary alicyclic amines) is 1. The molecule has 4 heteroatoms.